The Morgan fingerprint density at radius 3 is 2.65 bits per heavy atom. The molecule has 0 saturated carbocycles. The molecule has 3 aromatic rings. The van der Waals surface area contributed by atoms with Crippen molar-refractivity contribution in [3.05, 3.63) is 66.2 Å². The van der Waals surface area contributed by atoms with E-state index < -0.39 is 0 Å². The van der Waals surface area contributed by atoms with Crippen molar-refractivity contribution in [2.24, 2.45) is 0 Å². The van der Waals surface area contributed by atoms with E-state index in [0.717, 1.165) is 37.9 Å². The van der Waals surface area contributed by atoms with E-state index in [4.69, 9.17) is 9.47 Å². The van der Waals surface area contributed by atoms with Crippen LogP contribution in [0.2, 0.25) is 0 Å². The quantitative estimate of drug-likeness (QED) is 0.522. The number of benzene rings is 2. The minimum atomic E-state index is -0.269. The van der Waals surface area contributed by atoms with Gasteiger partial charge in [0.15, 0.2) is 18.1 Å². The van der Waals surface area contributed by atoms with Gasteiger partial charge in [0.2, 0.25) is 0 Å². The molecule has 1 N–H and O–H groups in total. The number of piperidine rings is 1. The summed E-state index contributed by atoms with van der Waals surface area (Å²) in [6.07, 6.45) is 6.35. The molecule has 2 amide bonds. The zero-order valence-corrected chi connectivity index (χ0v) is 19.3. The number of carbonyl (C=O) groups excluding carboxylic acids is 2. The summed E-state index contributed by atoms with van der Waals surface area (Å²) in [5, 5.41) is 7.03. The predicted octanol–water partition coefficient (Wildman–Crippen LogP) is 3.37. The molecule has 0 aliphatic carbocycles. The largest absolute Gasteiger partial charge is 0.490 e. The summed E-state index contributed by atoms with van der Waals surface area (Å²) in [7, 11) is 0. The minimum Gasteiger partial charge on any atom is -0.490 e. The van der Waals surface area contributed by atoms with E-state index in [1.807, 2.05) is 36.1 Å². The Morgan fingerprint density at radius 2 is 1.88 bits per heavy atom. The number of anilines is 1. The highest BCUT2D eigenvalue weighted by atomic mass is 16.5. The molecule has 0 bridgehead atoms. The van der Waals surface area contributed by atoms with Crippen LogP contribution in [0.5, 0.6) is 11.5 Å². The zero-order valence-electron chi connectivity index (χ0n) is 19.3. The van der Waals surface area contributed by atoms with Crippen molar-refractivity contribution >= 4 is 17.5 Å². The molecule has 2 heterocycles. The smallest absolute Gasteiger partial charge is 0.260 e. The van der Waals surface area contributed by atoms with Crippen LogP contribution in [0.25, 0.3) is 0 Å². The van der Waals surface area contributed by atoms with Crippen LogP contribution >= 0.6 is 0 Å². The van der Waals surface area contributed by atoms with Gasteiger partial charge in [-0.2, -0.15) is 5.10 Å². The summed E-state index contributed by atoms with van der Waals surface area (Å²) in [6.45, 7) is 4.33. The molecule has 1 fully saturated rings. The van der Waals surface area contributed by atoms with Crippen molar-refractivity contribution in [1.29, 1.82) is 0 Å². The van der Waals surface area contributed by atoms with Gasteiger partial charge in [0, 0.05) is 24.3 Å². The molecular weight excluding hydrogens is 434 g/mol. The fourth-order valence-corrected chi connectivity index (χ4v) is 3.86. The van der Waals surface area contributed by atoms with Gasteiger partial charge in [-0.05, 0) is 62.1 Å². The molecule has 2 aromatic carbocycles. The van der Waals surface area contributed by atoms with E-state index in [-0.39, 0.29) is 18.4 Å². The lowest BCUT2D eigenvalue weighted by atomic mass is 10.1. The SMILES string of the molecule is CCOc1cc(C(=O)Nc2cccc(Cn3cncn3)c2)ccc1OCC(=O)N1CCCCC1. The van der Waals surface area contributed by atoms with Gasteiger partial charge in [-0.25, -0.2) is 9.67 Å². The summed E-state index contributed by atoms with van der Waals surface area (Å²) < 4.78 is 13.2. The number of nitrogens with zero attached hydrogens (tertiary/aromatic N) is 4. The zero-order chi connectivity index (χ0) is 23.8. The molecule has 0 spiro atoms. The Balaban J connectivity index is 1.40. The summed E-state index contributed by atoms with van der Waals surface area (Å²) in [6, 6.07) is 12.5. The molecule has 34 heavy (non-hydrogen) atoms. The van der Waals surface area contributed by atoms with E-state index >= 15 is 0 Å². The van der Waals surface area contributed by atoms with Gasteiger partial charge < -0.3 is 19.7 Å². The fraction of sp³-hybridized carbons (Fsp3) is 0.360. The average Bonchev–Trinajstić information content (AvgIpc) is 3.37. The predicted molar refractivity (Wildman–Crippen MR) is 127 cm³/mol. The Labute approximate surface area is 198 Å². The first kappa shape index (κ1) is 23.3. The molecule has 178 valence electrons. The van der Waals surface area contributed by atoms with Crippen molar-refractivity contribution in [2.75, 3.05) is 31.6 Å². The van der Waals surface area contributed by atoms with Crippen LogP contribution in [0.4, 0.5) is 5.69 Å². The Morgan fingerprint density at radius 1 is 1.03 bits per heavy atom. The molecule has 0 atom stereocenters. The van der Waals surface area contributed by atoms with Crippen molar-refractivity contribution in [3.8, 4) is 11.5 Å². The maximum absolute atomic E-state index is 12.9. The van der Waals surface area contributed by atoms with Gasteiger partial charge in [-0.1, -0.05) is 12.1 Å². The number of aromatic nitrogens is 3. The third-order valence-electron chi connectivity index (χ3n) is 5.56. The number of amides is 2. The van der Waals surface area contributed by atoms with Gasteiger partial charge in [-0.3, -0.25) is 9.59 Å². The Hall–Kier alpha value is -3.88. The number of hydrogen-bond acceptors (Lipinski definition) is 6. The number of carbonyl (C=O) groups is 2. The maximum Gasteiger partial charge on any atom is 0.260 e. The second kappa shape index (κ2) is 11.3. The van der Waals surface area contributed by atoms with Crippen LogP contribution in [-0.2, 0) is 11.3 Å². The van der Waals surface area contributed by atoms with Crippen molar-refractivity contribution in [3.63, 3.8) is 0 Å². The molecule has 9 nitrogen and oxygen atoms in total. The normalized spacial score (nSPS) is 13.4. The summed E-state index contributed by atoms with van der Waals surface area (Å²) in [4.78, 5) is 31.1. The van der Waals surface area contributed by atoms with Crippen molar-refractivity contribution < 1.29 is 19.1 Å². The van der Waals surface area contributed by atoms with E-state index in [9.17, 15) is 9.59 Å². The monoisotopic (exact) mass is 463 g/mol. The number of rotatable bonds is 9. The molecule has 0 unspecified atom stereocenters. The van der Waals surface area contributed by atoms with Gasteiger partial charge in [0.25, 0.3) is 11.8 Å². The molecule has 0 radical (unpaired) electrons. The molecule has 1 aromatic heterocycles. The lowest BCUT2D eigenvalue weighted by Gasteiger charge is -2.26. The lowest BCUT2D eigenvalue weighted by Crippen LogP contribution is -2.38. The summed E-state index contributed by atoms with van der Waals surface area (Å²) in [5.41, 5.74) is 2.09. The number of hydrogen-bond donors (Lipinski definition) is 1. The second-order valence-electron chi connectivity index (χ2n) is 8.07. The van der Waals surface area contributed by atoms with Crippen molar-refractivity contribution in [1.82, 2.24) is 19.7 Å². The van der Waals surface area contributed by atoms with Crippen molar-refractivity contribution in [2.45, 2.75) is 32.7 Å². The summed E-state index contributed by atoms with van der Waals surface area (Å²) >= 11 is 0. The van der Waals surface area contributed by atoms with Gasteiger partial charge in [-0.15, -0.1) is 0 Å². The minimum absolute atomic E-state index is 0.0326. The van der Waals surface area contributed by atoms with Crippen LogP contribution in [0.15, 0.2) is 55.1 Å². The third-order valence-corrected chi connectivity index (χ3v) is 5.56. The van der Waals surface area contributed by atoms with E-state index in [1.165, 1.54) is 6.33 Å². The van der Waals surface area contributed by atoms with Gasteiger partial charge in [0.1, 0.15) is 12.7 Å². The Bertz CT molecular complexity index is 1110. The number of likely N-dealkylation sites (tertiary alicyclic amines) is 1. The first-order valence-electron chi connectivity index (χ1n) is 11.5. The standard InChI is InChI=1S/C25H29N5O4/c1-2-33-23-14-20(9-10-22(23)34-16-24(31)29-11-4-3-5-12-29)25(32)28-21-8-6-7-19(13-21)15-30-18-26-17-27-30/h6-10,13-14,17-18H,2-5,11-12,15-16H2,1H3,(H,28,32). The van der Waals surface area contributed by atoms with Crippen LogP contribution in [0, 0.1) is 0 Å². The highest BCUT2D eigenvalue weighted by molar-refractivity contribution is 6.04. The maximum atomic E-state index is 12.9. The highest BCUT2D eigenvalue weighted by Crippen LogP contribution is 2.29. The van der Waals surface area contributed by atoms with Crippen LogP contribution in [-0.4, -0.2) is 57.8 Å². The van der Waals surface area contributed by atoms with E-state index in [1.54, 1.807) is 29.2 Å². The number of nitrogens with one attached hydrogen (secondary N) is 1. The number of ether oxygens (including phenoxy) is 2. The summed E-state index contributed by atoms with van der Waals surface area (Å²) in [5.74, 6) is 0.574. The average molecular weight is 464 g/mol. The first-order valence-corrected chi connectivity index (χ1v) is 11.5. The highest BCUT2D eigenvalue weighted by Gasteiger charge is 2.18. The molecule has 1 aliphatic heterocycles. The molecular formula is C25H29N5O4. The van der Waals surface area contributed by atoms with Crippen LogP contribution in [0.1, 0.15) is 42.1 Å². The van der Waals surface area contributed by atoms with Crippen LogP contribution in [0.3, 0.4) is 0 Å². The lowest BCUT2D eigenvalue weighted by molar-refractivity contribution is -0.134. The first-order chi connectivity index (χ1) is 16.6. The molecule has 1 saturated heterocycles. The van der Waals surface area contributed by atoms with E-state index in [2.05, 4.69) is 15.4 Å². The van der Waals surface area contributed by atoms with Gasteiger partial charge in [0.05, 0.1) is 13.2 Å². The topological polar surface area (TPSA) is 98.6 Å². The van der Waals surface area contributed by atoms with E-state index in [0.29, 0.717) is 35.9 Å². The second-order valence-corrected chi connectivity index (χ2v) is 8.07. The molecule has 1 aliphatic rings. The molecule has 9 heteroatoms. The van der Waals surface area contributed by atoms with Gasteiger partial charge >= 0.3 is 0 Å². The van der Waals surface area contributed by atoms with Crippen LogP contribution < -0.4 is 14.8 Å². The molecule has 4 rings (SSSR count). The fourth-order valence-electron chi connectivity index (χ4n) is 3.86. The Kier molecular flexibility index (Phi) is 7.75. The third kappa shape index (κ3) is 6.12.